The SMILES string of the molecule is COc1ccc(NC(=O)N/C=C/c2cccc(C)c2)cc1Cl. The van der Waals surface area contributed by atoms with Gasteiger partial charge in [0.1, 0.15) is 5.75 Å². The van der Waals surface area contributed by atoms with Gasteiger partial charge < -0.3 is 15.4 Å². The zero-order valence-electron chi connectivity index (χ0n) is 12.4. The van der Waals surface area contributed by atoms with Crippen molar-refractivity contribution in [1.82, 2.24) is 5.32 Å². The number of ether oxygens (including phenoxy) is 1. The summed E-state index contributed by atoms with van der Waals surface area (Å²) in [5.74, 6) is 0.562. The highest BCUT2D eigenvalue weighted by Gasteiger charge is 2.04. The van der Waals surface area contributed by atoms with Crippen LogP contribution in [0.1, 0.15) is 11.1 Å². The first-order valence-corrected chi connectivity index (χ1v) is 7.10. The molecular formula is C17H17ClN2O2. The number of hydrogen-bond acceptors (Lipinski definition) is 2. The number of urea groups is 1. The summed E-state index contributed by atoms with van der Waals surface area (Å²) in [5, 5.41) is 5.77. The van der Waals surface area contributed by atoms with Crippen molar-refractivity contribution in [2.45, 2.75) is 6.92 Å². The summed E-state index contributed by atoms with van der Waals surface area (Å²) in [6, 6.07) is 12.7. The van der Waals surface area contributed by atoms with Crippen LogP contribution in [0.3, 0.4) is 0 Å². The van der Waals surface area contributed by atoms with Gasteiger partial charge >= 0.3 is 6.03 Å². The van der Waals surface area contributed by atoms with Crippen molar-refractivity contribution < 1.29 is 9.53 Å². The first kappa shape index (κ1) is 15.9. The molecule has 0 spiro atoms. The van der Waals surface area contributed by atoms with Crippen molar-refractivity contribution in [2.24, 2.45) is 0 Å². The number of carbonyl (C=O) groups is 1. The third-order valence-electron chi connectivity index (χ3n) is 2.94. The van der Waals surface area contributed by atoms with E-state index in [4.69, 9.17) is 16.3 Å². The second-order valence-corrected chi connectivity index (χ2v) is 5.10. The Morgan fingerprint density at radius 3 is 2.73 bits per heavy atom. The van der Waals surface area contributed by atoms with Crippen LogP contribution in [-0.4, -0.2) is 13.1 Å². The smallest absolute Gasteiger partial charge is 0.323 e. The molecule has 114 valence electrons. The number of rotatable bonds is 4. The number of nitrogens with one attached hydrogen (secondary N) is 2. The number of halogens is 1. The average molecular weight is 317 g/mol. The van der Waals surface area contributed by atoms with E-state index in [1.807, 2.05) is 37.3 Å². The molecule has 5 heteroatoms. The van der Waals surface area contributed by atoms with Crippen LogP contribution in [0, 0.1) is 6.92 Å². The Balaban J connectivity index is 1.91. The Morgan fingerprint density at radius 1 is 1.23 bits per heavy atom. The van der Waals surface area contributed by atoms with Gasteiger partial charge in [0, 0.05) is 11.9 Å². The maximum Gasteiger partial charge on any atom is 0.323 e. The van der Waals surface area contributed by atoms with Crippen molar-refractivity contribution in [3.8, 4) is 5.75 Å². The molecule has 0 saturated carbocycles. The predicted octanol–water partition coefficient (Wildman–Crippen LogP) is 4.45. The van der Waals surface area contributed by atoms with Crippen molar-refractivity contribution in [2.75, 3.05) is 12.4 Å². The normalized spacial score (nSPS) is 10.5. The molecule has 22 heavy (non-hydrogen) atoms. The predicted molar refractivity (Wildman–Crippen MR) is 90.4 cm³/mol. The minimum Gasteiger partial charge on any atom is -0.495 e. The number of hydrogen-bond donors (Lipinski definition) is 2. The van der Waals surface area contributed by atoms with Gasteiger partial charge in [0.2, 0.25) is 0 Å². The molecule has 0 heterocycles. The van der Waals surface area contributed by atoms with Crippen molar-refractivity contribution in [1.29, 1.82) is 0 Å². The fourth-order valence-electron chi connectivity index (χ4n) is 1.90. The first-order chi connectivity index (χ1) is 10.6. The Morgan fingerprint density at radius 2 is 2.05 bits per heavy atom. The second-order valence-electron chi connectivity index (χ2n) is 4.70. The number of carbonyl (C=O) groups excluding carboxylic acids is 1. The average Bonchev–Trinajstić information content (AvgIpc) is 2.47. The van der Waals surface area contributed by atoms with Crippen LogP contribution in [0.5, 0.6) is 5.75 Å². The molecular weight excluding hydrogens is 300 g/mol. The molecule has 0 aliphatic carbocycles. The highest BCUT2D eigenvalue weighted by atomic mass is 35.5. The molecule has 2 aromatic carbocycles. The lowest BCUT2D eigenvalue weighted by atomic mass is 10.1. The summed E-state index contributed by atoms with van der Waals surface area (Å²) in [4.78, 5) is 11.8. The largest absolute Gasteiger partial charge is 0.495 e. The Labute approximate surface area is 134 Å². The molecule has 2 rings (SSSR count). The number of anilines is 1. The summed E-state index contributed by atoms with van der Waals surface area (Å²) < 4.78 is 5.06. The molecule has 0 aliphatic heterocycles. The molecule has 0 aliphatic rings. The molecule has 0 fully saturated rings. The van der Waals surface area contributed by atoms with Crippen LogP contribution in [0.2, 0.25) is 5.02 Å². The lowest BCUT2D eigenvalue weighted by Gasteiger charge is -2.07. The Hall–Kier alpha value is -2.46. The summed E-state index contributed by atoms with van der Waals surface area (Å²) in [7, 11) is 1.54. The van der Waals surface area contributed by atoms with E-state index in [-0.39, 0.29) is 6.03 Å². The summed E-state index contributed by atoms with van der Waals surface area (Å²) in [6.07, 6.45) is 3.42. The van der Waals surface area contributed by atoms with Gasteiger partial charge in [-0.2, -0.15) is 0 Å². The molecule has 2 aromatic rings. The van der Waals surface area contributed by atoms with Crippen LogP contribution in [0.15, 0.2) is 48.7 Å². The maximum absolute atomic E-state index is 11.8. The van der Waals surface area contributed by atoms with Gasteiger partial charge in [-0.3, -0.25) is 0 Å². The van der Waals surface area contributed by atoms with E-state index < -0.39 is 0 Å². The van der Waals surface area contributed by atoms with Gasteiger partial charge in [0.25, 0.3) is 0 Å². The Kier molecular flexibility index (Phi) is 5.44. The van der Waals surface area contributed by atoms with Crippen molar-refractivity contribution in [3.63, 3.8) is 0 Å². The van der Waals surface area contributed by atoms with Crippen LogP contribution < -0.4 is 15.4 Å². The fourth-order valence-corrected chi connectivity index (χ4v) is 2.16. The van der Waals surface area contributed by atoms with E-state index in [1.54, 1.807) is 24.4 Å². The lowest BCUT2D eigenvalue weighted by molar-refractivity contribution is 0.255. The van der Waals surface area contributed by atoms with E-state index in [9.17, 15) is 4.79 Å². The van der Waals surface area contributed by atoms with Gasteiger partial charge in [-0.25, -0.2) is 4.79 Å². The summed E-state index contributed by atoms with van der Waals surface area (Å²) in [5.41, 5.74) is 2.78. The number of aryl methyl sites for hydroxylation is 1. The van der Waals surface area contributed by atoms with E-state index >= 15 is 0 Å². The monoisotopic (exact) mass is 316 g/mol. The summed E-state index contributed by atoms with van der Waals surface area (Å²) >= 11 is 6.00. The molecule has 0 atom stereocenters. The first-order valence-electron chi connectivity index (χ1n) is 6.73. The van der Waals surface area contributed by atoms with Crippen molar-refractivity contribution in [3.05, 3.63) is 64.8 Å². The Bertz CT molecular complexity index is 699. The van der Waals surface area contributed by atoms with E-state index in [1.165, 1.54) is 12.7 Å². The molecule has 0 unspecified atom stereocenters. The third-order valence-corrected chi connectivity index (χ3v) is 3.24. The third kappa shape index (κ3) is 4.53. The molecule has 2 N–H and O–H groups in total. The minimum atomic E-state index is -0.342. The van der Waals surface area contributed by atoms with Crippen LogP contribution in [0.4, 0.5) is 10.5 Å². The molecule has 2 amide bonds. The van der Waals surface area contributed by atoms with Gasteiger partial charge in [0.05, 0.1) is 12.1 Å². The molecule has 0 aromatic heterocycles. The standard InChI is InChI=1S/C17H17ClN2O2/c1-12-4-3-5-13(10-12)8-9-19-17(21)20-14-6-7-16(22-2)15(18)11-14/h3-11H,1-2H3,(H2,19,20,21)/b9-8+. The topological polar surface area (TPSA) is 50.4 Å². The van der Waals surface area contributed by atoms with Crippen LogP contribution in [-0.2, 0) is 0 Å². The zero-order valence-corrected chi connectivity index (χ0v) is 13.1. The number of benzene rings is 2. The number of amides is 2. The maximum atomic E-state index is 11.8. The molecule has 4 nitrogen and oxygen atoms in total. The second kappa shape index (κ2) is 7.52. The summed E-state index contributed by atoms with van der Waals surface area (Å²) in [6.45, 7) is 2.02. The molecule has 0 radical (unpaired) electrons. The van der Waals surface area contributed by atoms with Crippen LogP contribution in [0.25, 0.3) is 6.08 Å². The van der Waals surface area contributed by atoms with Gasteiger partial charge in [-0.05, 0) is 36.8 Å². The van der Waals surface area contributed by atoms with E-state index in [2.05, 4.69) is 10.6 Å². The molecule has 0 bridgehead atoms. The highest BCUT2D eigenvalue weighted by Crippen LogP contribution is 2.27. The van der Waals surface area contributed by atoms with Crippen molar-refractivity contribution >= 4 is 29.4 Å². The van der Waals surface area contributed by atoms with Gasteiger partial charge in [-0.15, -0.1) is 0 Å². The zero-order chi connectivity index (χ0) is 15.9. The quantitative estimate of drug-likeness (QED) is 0.875. The van der Waals surface area contributed by atoms with E-state index in [0.717, 1.165) is 5.56 Å². The highest BCUT2D eigenvalue weighted by molar-refractivity contribution is 6.32. The molecule has 0 saturated heterocycles. The lowest BCUT2D eigenvalue weighted by Crippen LogP contribution is -2.23. The van der Waals surface area contributed by atoms with Gasteiger partial charge in [0.15, 0.2) is 0 Å². The van der Waals surface area contributed by atoms with Gasteiger partial charge in [-0.1, -0.05) is 41.4 Å². The van der Waals surface area contributed by atoms with Crippen LogP contribution >= 0.6 is 11.6 Å². The minimum absolute atomic E-state index is 0.342. The van der Waals surface area contributed by atoms with E-state index in [0.29, 0.717) is 16.5 Å². The fraction of sp³-hybridized carbons (Fsp3) is 0.118. The number of methoxy groups -OCH3 is 1.